The van der Waals surface area contributed by atoms with Gasteiger partial charge in [-0.3, -0.25) is 9.52 Å². The van der Waals surface area contributed by atoms with Crippen LogP contribution in [0.1, 0.15) is 29.5 Å². The van der Waals surface area contributed by atoms with Crippen molar-refractivity contribution in [2.75, 3.05) is 16.2 Å². The van der Waals surface area contributed by atoms with Crippen LogP contribution in [0, 0.1) is 17.1 Å². The van der Waals surface area contributed by atoms with Gasteiger partial charge in [0.25, 0.3) is 10.0 Å². The minimum atomic E-state index is -3.85. The fraction of sp³-hybridized carbons (Fsp3) is 0.200. The molecule has 0 fully saturated rings. The Labute approximate surface area is 192 Å². The van der Waals surface area contributed by atoms with E-state index in [4.69, 9.17) is 5.26 Å². The molecule has 33 heavy (non-hydrogen) atoms. The predicted molar refractivity (Wildman–Crippen MR) is 124 cm³/mol. The summed E-state index contributed by atoms with van der Waals surface area (Å²) in [7, 11) is -3.85. The molecule has 0 spiro atoms. The molecule has 0 atom stereocenters. The van der Waals surface area contributed by atoms with Gasteiger partial charge < -0.3 is 4.90 Å². The monoisotopic (exact) mass is 463 g/mol. The van der Waals surface area contributed by atoms with Gasteiger partial charge in [0.15, 0.2) is 0 Å². The van der Waals surface area contributed by atoms with Gasteiger partial charge in [-0.1, -0.05) is 12.1 Å². The lowest BCUT2D eigenvalue weighted by molar-refractivity contribution is -0.118. The van der Waals surface area contributed by atoms with E-state index in [0.29, 0.717) is 30.6 Å². The Bertz CT molecular complexity index is 1310. The number of anilines is 2. The van der Waals surface area contributed by atoms with Gasteiger partial charge in [0.05, 0.1) is 16.5 Å². The highest BCUT2D eigenvalue weighted by atomic mass is 32.2. The topological polar surface area (TPSA) is 90.3 Å². The van der Waals surface area contributed by atoms with Crippen LogP contribution in [-0.4, -0.2) is 20.9 Å². The van der Waals surface area contributed by atoms with Crippen molar-refractivity contribution in [2.45, 2.75) is 30.6 Å². The Morgan fingerprint density at radius 2 is 1.79 bits per heavy atom. The van der Waals surface area contributed by atoms with E-state index >= 15 is 0 Å². The third-order valence-corrected chi connectivity index (χ3v) is 6.98. The van der Waals surface area contributed by atoms with E-state index < -0.39 is 15.8 Å². The Balaban J connectivity index is 1.46. The minimum absolute atomic E-state index is 0.0000439. The largest absolute Gasteiger partial charge is 0.312 e. The van der Waals surface area contributed by atoms with E-state index in [2.05, 4.69) is 10.8 Å². The molecule has 168 valence electrons. The van der Waals surface area contributed by atoms with Gasteiger partial charge >= 0.3 is 0 Å². The average molecular weight is 464 g/mol. The Hall–Kier alpha value is -3.70. The SMILES string of the molecule is N#Cc1ccc(CCC(=O)N2CCCc3cc(NS(=O)(=O)c4ccc(F)cc4)ccc32)cc1. The number of carbonyl (C=O) groups excluding carboxylic acids is 1. The van der Waals surface area contributed by atoms with Crippen LogP contribution < -0.4 is 9.62 Å². The molecule has 3 aromatic rings. The summed E-state index contributed by atoms with van der Waals surface area (Å²) in [4.78, 5) is 14.6. The molecule has 0 aromatic heterocycles. The van der Waals surface area contributed by atoms with E-state index in [1.807, 2.05) is 12.1 Å². The number of nitrogens with zero attached hydrogens (tertiary/aromatic N) is 2. The van der Waals surface area contributed by atoms with Crippen LogP contribution in [0.2, 0.25) is 0 Å². The lowest BCUT2D eigenvalue weighted by atomic mass is 10.00. The van der Waals surface area contributed by atoms with E-state index in [1.54, 1.807) is 35.2 Å². The van der Waals surface area contributed by atoms with Gasteiger partial charge in [-0.25, -0.2) is 12.8 Å². The van der Waals surface area contributed by atoms with Crippen molar-refractivity contribution in [3.63, 3.8) is 0 Å². The molecule has 1 N–H and O–H groups in total. The van der Waals surface area contributed by atoms with Crippen LogP contribution in [0.3, 0.4) is 0 Å². The van der Waals surface area contributed by atoms with E-state index in [-0.39, 0.29) is 10.8 Å². The number of fused-ring (bicyclic) bond motifs is 1. The summed E-state index contributed by atoms with van der Waals surface area (Å²) >= 11 is 0. The maximum Gasteiger partial charge on any atom is 0.261 e. The van der Waals surface area contributed by atoms with Gasteiger partial charge in [-0.2, -0.15) is 5.26 Å². The quantitative estimate of drug-likeness (QED) is 0.586. The number of hydrogen-bond donors (Lipinski definition) is 1. The van der Waals surface area contributed by atoms with Crippen molar-refractivity contribution in [1.29, 1.82) is 5.26 Å². The summed E-state index contributed by atoms with van der Waals surface area (Å²) in [5.74, 6) is -0.508. The highest BCUT2D eigenvalue weighted by Gasteiger charge is 2.23. The van der Waals surface area contributed by atoms with Crippen LogP contribution in [0.4, 0.5) is 15.8 Å². The second-order valence-corrected chi connectivity index (χ2v) is 9.54. The molecule has 3 aromatic carbocycles. The number of hydrogen-bond acceptors (Lipinski definition) is 4. The maximum absolute atomic E-state index is 13.1. The lowest BCUT2D eigenvalue weighted by Crippen LogP contribution is -2.35. The second kappa shape index (κ2) is 9.43. The molecule has 0 saturated heterocycles. The highest BCUT2D eigenvalue weighted by Crippen LogP contribution is 2.31. The molecular formula is C25H22FN3O3S. The molecule has 1 aliphatic heterocycles. The second-order valence-electron chi connectivity index (χ2n) is 7.86. The van der Waals surface area contributed by atoms with Crippen LogP contribution in [0.5, 0.6) is 0 Å². The van der Waals surface area contributed by atoms with Crippen molar-refractivity contribution < 1.29 is 17.6 Å². The first-order valence-corrected chi connectivity index (χ1v) is 12.0. The molecule has 1 aliphatic rings. The Morgan fingerprint density at radius 3 is 2.48 bits per heavy atom. The van der Waals surface area contributed by atoms with Crippen molar-refractivity contribution >= 4 is 27.3 Å². The van der Waals surface area contributed by atoms with Crippen LogP contribution in [0.15, 0.2) is 71.6 Å². The average Bonchev–Trinajstić information content (AvgIpc) is 2.82. The summed E-state index contributed by atoms with van der Waals surface area (Å²) in [5.41, 5.74) is 3.65. The summed E-state index contributed by atoms with van der Waals surface area (Å²) in [6, 6.07) is 19.0. The van der Waals surface area contributed by atoms with Gasteiger partial charge in [-0.15, -0.1) is 0 Å². The van der Waals surface area contributed by atoms with Gasteiger partial charge in [0.2, 0.25) is 5.91 Å². The standard InChI is InChI=1S/C25H22FN3O3S/c26-21-8-11-23(12-9-21)33(31,32)28-22-10-13-24-20(16-22)2-1-15-29(24)25(30)14-7-18-3-5-19(17-27)6-4-18/h3-6,8-13,16,28H,1-2,7,14-15H2. The van der Waals surface area contributed by atoms with Crippen LogP contribution in [0.25, 0.3) is 0 Å². The van der Waals surface area contributed by atoms with Crippen molar-refractivity contribution in [3.05, 3.63) is 89.2 Å². The third kappa shape index (κ3) is 5.21. The Morgan fingerprint density at radius 1 is 1.06 bits per heavy atom. The van der Waals surface area contributed by atoms with Crippen LogP contribution in [-0.2, 0) is 27.7 Å². The number of carbonyl (C=O) groups is 1. The van der Waals surface area contributed by atoms with E-state index in [0.717, 1.165) is 41.8 Å². The van der Waals surface area contributed by atoms with E-state index in [9.17, 15) is 17.6 Å². The van der Waals surface area contributed by atoms with Crippen molar-refractivity contribution in [1.82, 2.24) is 0 Å². The zero-order valence-corrected chi connectivity index (χ0v) is 18.6. The number of sulfonamides is 1. The molecular weight excluding hydrogens is 441 g/mol. The first-order chi connectivity index (χ1) is 15.9. The van der Waals surface area contributed by atoms with Crippen molar-refractivity contribution in [2.24, 2.45) is 0 Å². The number of benzene rings is 3. The number of nitrogens with one attached hydrogen (secondary N) is 1. The fourth-order valence-corrected chi connectivity index (χ4v) is 4.93. The first-order valence-electron chi connectivity index (χ1n) is 10.6. The number of nitriles is 1. The van der Waals surface area contributed by atoms with Crippen molar-refractivity contribution in [3.8, 4) is 6.07 Å². The summed E-state index contributed by atoms with van der Waals surface area (Å²) < 4.78 is 40.8. The molecule has 1 amide bonds. The minimum Gasteiger partial charge on any atom is -0.312 e. The summed E-state index contributed by atoms with van der Waals surface area (Å²) in [5, 5.41) is 8.90. The summed E-state index contributed by atoms with van der Waals surface area (Å²) in [6.07, 6.45) is 2.43. The smallest absolute Gasteiger partial charge is 0.261 e. The predicted octanol–water partition coefficient (Wildman–Crippen LogP) is 4.41. The third-order valence-electron chi connectivity index (χ3n) is 5.59. The fourth-order valence-electron chi connectivity index (χ4n) is 3.88. The number of rotatable bonds is 6. The lowest BCUT2D eigenvalue weighted by Gasteiger charge is -2.30. The van der Waals surface area contributed by atoms with Gasteiger partial charge in [-0.05, 0) is 85.0 Å². The molecule has 8 heteroatoms. The summed E-state index contributed by atoms with van der Waals surface area (Å²) in [6.45, 7) is 0.611. The number of halogens is 1. The molecule has 0 aliphatic carbocycles. The molecule has 0 radical (unpaired) electrons. The van der Waals surface area contributed by atoms with Crippen LogP contribution >= 0.6 is 0 Å². The molecule has 6 nitrogen and oxygen atoms in total. The van der Waals surface area contributed by atoms with Gasteiger partial charge in [0.1, 0.15) is 5.82 Å². The maximum atomic E-state index is 13.1. The molecule has 1 heterocycles. The first kappa shape index (κ1) is 22.5. The van der Waals surface area contributed by atoms with Gasteiger partial charge in [0, 0.05) is 24.3 Å². The number of aryl methyl sites for hydroxylation is 2. The molecule has 0 unspecified atom stereocenters. The zero-order valence-electron chi connectivity index (χ0n) is 17.8. The highest BCUT2D eigenvalue weighted by molar-refractivity contribution is 7.92. The molecule has 0 saturated carbocycles. The Kier molecular flexibility index (Phi) is 6.43. The molecule has 0 bridgehead atoms. The van der Waals surface area contributed by atoms with E-state index in [1.165, 1.54) is 12.1 Å². The molecule has 4 rings (SSSR count). The number of amides is 1. The normalized spacial score (nSPS) is 13.2. The zero-order chi connectivity index (χ0) is 23.4.